The molecule has 0 spiro atoms. The Hall–Kier alpha value is -2.22. The van der Waals surface area contributed by atoms with E-state index in [0.29, 0.717) is 49.3 Å². The SMILES string of the molecule is CCc1c(C)sc(NC(=O)CN2CCC(O)(Cc3ccccc3)CC2)c1C(N)=O. The fourth-order valence-corrected chi connectivity index (χ4v) is 5.17. The monoisotopic (exact) mass is 415 g/mol. The molecule has 4 N–H and O–H groups in total. The maximum absolute atomic E-state index is 12.6. The highest BCUT2D eigenvalue weighted by Crippen LogP contribution is 2.33. The number of likely N-dealkylation sites (tertiary alicyclic amines) is 1. The smallest absolute Gasteiger partial charge is 0.251 e. The first-order valence-electron chi connectivity index (χ1n) is 10.0. The van der Waals surface area contributed by atoms with Gasteiger partial charge in [0, 0.05) is 24.4 Å². The molecule has 1 fully saturated rings. The summed E-state index contributed by atoms with van der Waals surface area (Å²) >= 11 is 1.39. The summed E-state index contributed by atoms with van der Waals surface area (Å²) < 4.78 is 0. The Bertz CT molecular complexity index is 871. The van der Waals surface area contributed by atoms with Gasteiger partial charge >= 0.3 is 0 Å². The van der Waals surface area contributed by atoms with E-state index in [-0.39, 0.29) is 12.5 Å². The van der Waals surface area contributed by atoms with E-state index in [4.69, 9.17) is 5.73 Å². The first-order chi connectivity index (χ1) is 13.8. The van der Waals surface area contributed by atoms with Crippen molar-refractivity contribution in [3.8, 4) is 0 Å². The van der Waals surface area contributed by atoms with Gasteiger partial charge in [0.25, 0.3) is 5.91 Å². The molecule has 6 nitrogen and oxygen atoms in total. The van der Waals surface area contributed by atoms with Gasteiger partial charge in [0.1, 0.15) is 5.00 Å². The molecule has 0 atom stereocenters. The Morgan fingerprint density at radius 3 is 2.48 bits per heavy atom. The van der Waals surface area contributed by atoms with Gasteiger partial charge in [-0.15, -0.1) is 11.3 Å². The van der Waals surface area contributed by atoms with Crippen molar-refractivity contribution in [1.29, 1.82) is 0 Å². The number of hydrogen-bond acceptors (Lipinski definition) is 5. The van der Waals surface area contributed by atoms with E-state index in [1.54, 1.807) is 0 Å². The van der Waals surface area contributed by atoms with Crippen LogP contribution in [-0.4, -0.2) is 47.1 Å². The number of carbonyl (C=O) groups excluding carboxylic acids is 2. The number of nitrogens with two attached hydrogens (primary N) is 1. The van der Waals surface area contributed by atoms with Crippen molar-refractivity contribution in [3.63, 3.8) is 0 Å². The molecule has 2 amide bonds. The van der Waals surface area contributed by atoms with Crippen molar-refractivity contribution < 1.29 is 14.7 Å². The summed E-state index contributed by atoms with van der Waals surface area (Å²) in [6.45, 7) is 5.45. The molecule has 0 bridgehead atoms. The molecular formula is C22H29N3O3S. The van der Waals surface area contributed by atoms with Crippen molar-refractivity contribution in [3.05, 3.63) is 51.9 Å². The lowest BCUT2D eigenvalue weighted by atomic mass is 9.85. The van der Waals surface area contributed by atoms with E-state index in [9.17, 15) is 14.7 Å². The second-order valence-corrected chi connectivity index (χ2v) is 8.99. The molecule has 1 aromatic heterocycles. The lowest BCUT2D eigenvalue weighted by molar-refractivity contribution is -0.118. The van der Waals surface area contributed by atoms with Crippen molar-refractivity contribution in [2.75, 3.05) is 25.0 Å². The summed E-state index contributed by atoms with van der Waals surface area (Å²) in [6, 6.07) is 9.99. The maximum Gasteiger partial charge on any atom is 0.251 e. The third kappa shape index (κ3) is 5.23. The molecule has 0 radical (unpaired) electrons. The van der Waals surface area contributed by atoms with Gasteiger partial charge < -0.3 is 16.2 Å². The number of amides is 2. The maximum atomic E-state index is 12.6. The highest BCUT2D eigenvalue weighted by Gasteiger charge is 2.33. The lowest BCUT2D eigenvalue weighted by Gasteiger charge is -2.38. The zero-order valence-corrected chi connectivity index (χ0v) is 17.8. The molecule has 3 rings (SSSR count). The Labute approximate surface area is 175 Å². The lowest BCUT2D eigenvalue weighted by Crippen LogP contribution is -2.47. The Morgan fingerprint density at radius 2 is 1.90 bits per heavy atom. The van der Waals surface area contributed by atoms with Gasteiger partial charge in [0.05, 0.1) is 17.7 Å². The van der Waals surface area contributed by atoms with Crippen molar-refractivity contribution in [2.24, 2.45) is 5.73 Å². The van der Waals surface area contributed by atoms with Gasteiger partial charge in [-0.05, 0) is 37.3 Å². The van der Waals surface area contributed by atoms with Gasteiger partial charge in [-0.2, -0.15) is 0 Å². The fraction of sp³-hybridized carbons (Fsp3) is 0.455. The molecule has 2 heterocycles. The number of piperidine rings is 1. The minimum Gasteiger partial charge on any atom is -0.389 e. The van der Waals surface area contributed by atoms with Crippen LogP contribution in [0, 0.1) is 6.92 Å². The Kier molecular flexibility index (Phi) is 6.72. The van der Waals surface area contributed by atoms with Crippen LogP contribution in [-0.2, 0) is 17.6 Å². The van der Waals surface area contributed by atoms with Crippen molar-refractivity contribution in [1.82, 2.24) is 4.90 Å². The van der Waals surface area contributed by atoms with E-state index in [2.05, 4.69) is 5.32 Å². The van der Waals surface area contributed by atoms with Crippen LogP contribution >= 0.6 is 11.3 Å². The summed E-state index contributed by atoms with van der Waals surface area (Å²) in [4.78, 5) is 27.4. The topological polar surface area (TPSA) is 95.7 Å². The van der Waals surface area contributed by atoms with E-state index in [0.717, 1.165) is 16.0 Å². The van der Waals surface area contributed by atoms with Crippen LogP contribution in [0.2, 0.25) is 0 Å². The summed E-state index contributed by atoms with van der Waals surface area (Å²) in [5.41, 5.74) is 7.27. The second-order valence-electron chi connectivity index (χ2n) is 7.77. The highest BCUT2D eigenvalue weighted by molar-refractivity contribution is 7.16. The number of primary amides is 1. The van der Waals surface area contributed by atoms with E-state index >= 15 is 0 Å². The zero-order chi connectivity index (χ0) is 21.0. The molecule has 29 heavy (non-hydrogen) atoms. The quantitative estimate of drug-likeness (QED) is 0.648. The number of nitrogens with zero attached hydrogens (tertiary/aromatic N) is 1. The van der Waals surface area contributed by atoms with Crippen LogP contribution in [0.5, 0.6) is 0 Å². The average Bonchev–Trinajstić information content (AvgIpc) is 2.99. The summed E-state index contributed by atoms with van der Waals surface area (Å²) in [6.07, 6.45) is 2.58. The molecule has 0 aliphatic carbocycles. The zero-order valence-electron chi connectivity index (χ0n) is 17.0. The fourth-order valence-electron chi connectivity index (χ4n) is 4.00. The van der Waals surface area contributed by atoms with E-state index < -0.39 is 11.5 Å². The molecule has 0 saturated carbocycles. The van der Waals surface area contributed by atoms with Gasteiger partial charge in [0.15, 0.2) is 0 Å². The van der Waals surface area contributed by atoms with Gasteiger partial charge in [-0.3, -0.25) is 14.5 Å². The van der Waals surface area contributed by atoms with Crippen LogP contribution < -0.4 is 11.1 Å². The average molecular weight is 416 g/mol. The largest absolute Gasteiger partial charge is 0.389 e. The third-order valence-corrected chi connectivity index (χ3v) is 6.65. The number of thiophene rings is 1. The molecule has 2 aromatic rings. The second kappa shape index (κ2) is 9.07. The van der Waals surface area contributed by atoms with Crippen LogP contribution in [0.4, 0.5) is 5.00 Å². The summed E-state index contributed by atoms with van der Waals surface area (Å²) in [5.74, 6) is -0.671. The van der Waals surface area contributed by atoms with Crippen molar-refractivity contribution >= 4 is 28.2 Å². The Balaban J connectivity index is 1.56. The van der Waals surface area contributed by atoms with Gasteiger partial charge in [0.2, 0.25) is 5.91 Å². The summed E-state index contributed by atoms with van der Waals surface area (Å²) in [7, 11) is 0. The molecule has 1 saturated heterocycles. The number of rotatable bonds is 7. The third-order valence-electron chi connectivity index (χ3n) is 5.59. The predicted octanol–water partition coefficient (Wildman–Crippen LogP) is 2.73. The van der Waals surface area contributed by atoms with Crippen LogP contribution in [0.25, 0.3) is 0 Å². The number of benzene rings is 1. The molecular weight excluding hydrogens is 386 g/mol. The van der Waals surface area contributed by atoms with Crippen molar-refractivity contribution in [2.45, 2.75) is 45.1 Å². The molecule has 7 heteroatoms. The molecule has 1 aliphatic heterocycles. The molecule has 1 aliphatic rings. The molecule has 1 aromatic carbocycles. The van der Waals surface area contributed by atoms with Crippen LogP contribution in [0.3, 0.4) is 0 Å². The predicted molar refractivity (Wildman–Crippen MR) is 116 cm³/mol. The summed E-state index contributed by atoms with van der Waals surface area (Å²) in [5, 5.41) is 14.3. The number of aliphatic hydroxyl groups is 1. The van der Waals surface area contributed by atoms with Crippen LogP contribution in [0.15, 0.2) is 30.3 Å². The number of carbonyl (C=O) groups is 2. The van der Waals surface area contributed by atoms with Gasteiger partial charge in [-0.1, -0.05) is 37.3 Å². The number of anilines is 1. The van der Waals surface area contributed by atoms with E-state index in [1.807, 2.05) is 49.1 Å². The molecule has 0 unspecified atom stereocenters. The number of aryl methyl sites for hydroxylation is 1. The number of nitrogens with one attached hydrogen (secondary N) is 1. The minimum absolute atomic E-state index is 0.162. The van der Waals surface area contributed by atoms with Gasteiger partial charge in [-0.25, -0.2) is 0 Å². The first-order valence-corrected chi connectivity index (χ1v) is 10.8. The van der Waals surface area contributed by atoms with Crippen LogP contribution in [0.1, 0.15) is 46.1 Å². The first kappa shape index (κ1) is 21.5. The Morgan fingerprint density at radius 1 is 1.24 bits per heavy atom. The number of hydrogen-bond donors (Lipinski definition) is 3. The minimum atomic E-state index is -0.728. The normalized spacial score (nSPS) is 16.5. The van der Waals surface area contributed by atoms with E-state index in [1.165, 1.54) is 11.3 Å². The molecule has 156 valence electrons. The highest BCUT2D eigenvalue weighted by atomic mass is 32.1. The standard InChI is InChI=1S/C22H29N3O3S/c1-3-17-15(2)29-21(19(17)20(23)27)24-18(26)14-25-11-9-22(28,10-12-25)13-16-7-5-4-6-8-16/h4-8,28H,3,9-14H2,1-2H3,(H2,23,27)(H,24,26).